The molecule has 0 atom stereocenters. The number of benzene rings is 1. The monoisotopic (exact) mass is 138 g/mol. The molecule has 0 saturated heterocycles. The van der Waals surface area contributed by atoms with E-state index >= 15 is 0 Å². The van der Waals surface area contributed by atoms with Gasteiger partial charge >= 0.3 is 0 Å². The van der Waals surface area contributed by atoms with Gasteiger partial charge in [-0.2, -0.15) is 0 Å². The molecule has 0 nitrogen and oxygen atoms in total. The molecule has 10 heavy (non-hydrogen) atoms. The van der Waals surface area contributed by atoms with Gasteiger partial charge in [0, 0.05) is 0 Å². The molecule has 1 aromatic rings. The molecule has 1 heteroatoms. The smallest absolute Gasteiger partial charge is 0.0260 e. The maximum atomic E-state index is 2.08. The minimum absolute atomic E-state index is 0. The summed E-state index contributed by atoms with van der Waals surface area (Å²) in [5, 5.41) is 0. The fraction of sp³-hybridized carbons (Fsp3) is 0.111. The maximum Gasteiger partial charge on any atom is -0.0260 e. The van der Waals surface area contributed by atoms with Crippen molar-refractivity contribution in [3.63, 3.8) is 0 Å². The topological polar surface area (TPSA) is 0 Å². The SMILES string of the molecule is CC=Cc1ccccc1.F. The van der Waals surface area contributed by atoms with Gasteiger partial charge in [0.2, 0.25) is 0 Å². The van der Waals surface area contributed by atoms with E-state index in [1.54, 1.807) is 0 Å². The number of rotatable bonds is 1. The van der Waals surface area contributed by atoms with Crippen LogP contribution in [0.2, 0.25) is 0 Å². The third-order valence-corrected chi connectivity index (χ3v) is 1.16. The van der Waals surface area contributed by atoms with Crippen molar-refractivity contribution in [3.8, 4) is 0 Å². The van der Waals surface area contributed by atoms with Crippen LogP contribution >= 0.6 is 0 Å². The lowest BCUT2D eigenvalue weighted by Crippen LogP contribution is -1.65. The molecule has 0 aliphatic heterocycles. The Balaban J connectivity index is 0.000000810. The van der Waals surface area contributed by atoms with Gasteiger partial charge in [0.25, 0.3) is 0 Å². The molecule has 0 saturated carbocycles. The van der Waals surface area contributed by atoms with Crippen LogP contribution in [0.4, 0.5) is 4.70 Å². The average Bonchev–Trinajstić information content (AvgIpc) is 1.91. The van der Waals surface area contributed by atoms with E-state index in [1.807, 2.05) is 31.2 Å². The van der Waals surface area contributed by atoms with Crippen LogP contribution in [0, 0.1) is 0 Å². The molecule has 0 heterocycles. The second-order valence-corrected chi connectivity index (χ2v) is 1.91. The highest BCUT2D eigenvalue weighted by Crippen LogP contribution is 1.99. The summed E-state index contributed by atoms with van der Waals surface area (Å²) in [4.78, 5) is 0. The summed E-state index contributed by atoms with van der Waals surface area (Å²) in [6.07, 6.45) is 4.12. The summed E-state index contributed by atoms with van der Waals surface area (Å²) >= 11 is 0. The van der Waals surface area contributed by atoms with E-state index in [-0.39, 0.29) is 4.70 Å². The predicted molar refractivity (Wildman–Crippen MR) is 43.7 cm³/mol. The lowest BCUT2D eigenvalue weighted by Gasteiger charge is -1.86. The van der Waals surface area contributed by atoms with Crippen LogP contribution in [0.1, 0.15) is 12.5 Å². The van der Waals surface area contributed by atoms with E-state index in [4.69, 9.17) is 0 Å². The van der Waals surface area contributed by atoms with E-state index < -0.39 is 0 Å². The molecule has 1 aromatic carbocycles. The summed E-state index contributed by atoms with van der Waals surface area (Å²) in [7, 11) is 0. The Bertz CT molecular complexity index is 189. The van der Waals surface area contributed by atoms with Crippen molar-refractivity contribution in [1.82, 2.24) is 0 Å². The van der Waals surface area contributed by atoms with Crippen LogP contribution in [0.3, 0.4) is 0 Å². The van der Waals surface area contributed by atoms with Gasteiger partial charge < -0.3 is 0 Å². The fourth-order valence-corrected chi connectivity index (χ4v) is 0.757. The van der Waals surface area contributed by atoms with Crippen LogP contribution in [-0.4, -0.2) is 0 Å². The first-order valence-corrected chi connectivity index (χ1v) is 3.11. The third-order valence-electron chi connectivity index (χ3n) is 1.16. The van der Waals surface area contributed by atoms with Gasteiger partial charge in [-0.25, -0.2) is 0 Å². The van der Waals surface area contributed by atoms with Gasteiger partial charge in [0.15, 0.2) is 0 Å². The summed E-state index contributed by atoms with van der Waals surface area (Å²) in [5.41, 5.74) is 1.26. The lowest BCUT2D eigenvalue weighted by molar-refractivity contribution is 1.11. The van der Waals surface area contributed by atoms with E-state index in [0.29, 0.717) is 0 Å². The minimum atomic E-state index is 0. The predicted octanol–water partition coefficient (Wildman–Crippen LogP) is 2.87. The van der Waals surface area contributed by atoms with Crippen molar-refractivity contribution in [1.29, 1.82) is 0 Å². The number of hydrogen-bond acceptors (Lipinski definition) is 0. The Labute approximate surface area is 60.6 Å². The summed E-state index contributed by atoms with van der Waals surface area (Å²) in [6, 6.07) is 10.3. The number of allylic oxidation sites excluding steroid dienone is 1. The van der Waals surface area contributed by atoms with E-state index in [2.05, 4.69) is 18.2 Å². The first-order chi connectivity index (χ1) is 4.43. The summed E-state index contributed by atoms with van der Waals surface area (Å²) in [5.74, 6) is 0. The molecular formula is C9H11F. The summed E-state index contributed by atoms with van der Waals surface area (Å²) < 4.78 is 0. The third kappa shape index (κ3) is 2.44. The molecule has 0 aliphatic carbocycles. The first-order valence-electron chi connectivity index (χ1n) is 3.11. The zero-order chi connectivity index (χ0) is 6.53. The number of hydrogen-bond donors (Lipinski definition) is 0. The highest BCUT2D eigenvalue weighted by atomic mass is 19.0. The first kappa shape index (κ1) is 8.89. The molecule has 0 unspecified atom stereocenters. The molecular weight excluding hydrogens is 127 g/mol. The molecule has 1 rings (SSSR count). The maximum absolute atomic E-state index is 2.08. The highest BCUT2D eigenvalue weighted by molar-refractivity contribution is 5.47. The molecule has 54 valence electrons. The van der Waals surface area contributed by atoms with E-state index in [0.717, 1.165) is 0 Å². The van der Waals surface area contributed by atoms with E-state index in [9.17, 15) is 0 Å². The van der Waals surface area contributed by atoms with Gasteiger partial charge in [0.1, 0.15) is 0 Å². The largest absolute Gasteiger partial charge is 0.269 e. The van der Waals surface area contributed by atoms with Crippen LogP contribution in [0.25, 0.3) is 6.08 Å². The van der Waals surface area contributed by atoms with Crippen molar-refractivity contribution >= 4 is 6.08 Å². The normalized spacial score (nSPS) is 9.30. The quantitative estimate of drug-likeness (QED) is 0.559. The Hall–Kier alpha value is -1.11. The van der Waals surface area contributed by atoms with Gasteiger partial charge in [-0.15, -0.1) is 0 Å². The second kappa shape index (κ2) is 4.74. The molecule has 0 bridgehead atoms. The fourth-order valence-electron chi connectivity index (χ4n) is 0.757. The van der Waals surface area contributed by atoms with Crippen molar-refractivity contribution in [3.05, 3.63) is 42.0 Å². The van der Waals surface area contributed by atoms with Gasteiger partial charge in [-0.3, -0.25) is 4.70 Å². The molecule has 0 spiro atoms. The van der Waals surface area contributed by atoms with Crippen molar-refractivity contribution in [2.45, 2.75) is 6.92 Å². The van der Waals surface area contributed by atoms with Gasteiger partial charge in [-0.1, -0.05) is 42.5 Å². The Kier molecular flexibility index (Phi) is 4.21. The van der Waals surface area contributed by atoms with Crippen LogP contribution < -0.4 is 0 Å². The molecule has 0 aliphatic rings. The molecule has 0 N–H and O–H groups in total. The van der Waals surface area contributed by atoms with Crippen molar-refractivity contribution < 1.29 is 4.70 Å². The van der Waals surface area contributed by atoms with Crippen LogP contribution in [0.15, 0.2) is 36.4 Å². The minimum Gasteiger partial charge on any atom is -0.269 e. The van der Waals surface area contributed by atoms with Gasteiger partial charge in [-0.05, 0) is 12.5 Å². The molecule has 0 aromatic heterocycles. The lowest BCUT2D eigenvalue weighted by atomic mass is 10.2. The molecule has 0 radical (unpaired) electrons. The zero-order valence-corrected chi connectivity index (χ0v) is 5.95. The standard InChI is InChI=1S/C9H10.FH/c1-2-6-9-7-4-3-5-8-9;/h2-8H,1H3;1H. The molecule has 0 amide bonds. The second-order valence-electron chi connectivity index (χ2n) is 1.91. The Morgan fingerprint density at radius 2 is 1.70 bits per heavy atom. The Morgan fingerprint density at radius 1 is 1.10 bits per heavy atom. The van der Waals surface area contributed by atoms with Crippen molar-refractivity contribution in [2.24, 2.45) is 0 Å². The van der Waals surface area contributed by atoms with Crippen LogP contribution in [0.5, 0.6) is 0 Å². The summed E-state index contributed by atoms with van der Waals surface area (Å²) in [6.45, 7) is 2.02. The Morgan fingerprint density at radius 3 is 2.20 bits per heavy atom. The number of halogens is 1. The average molecular weight is 138 g/mol. The zero-order valence-electron chi connectivity index (χ0n) is 5.95. The molecule has 0 fully saturated rings. The van der Waals surface area contributed by atoms with Crippen molar-refractivity contribution in [2.75, 3.05) is 0 Å². The highest BCUT2D eigenvalue weighted by Gasteiger charge is 1.77. The van der Waals surface area contributed by atoms with Gasteiger partial charge in [0.05, 0.1) is 0 Å². The van der Waals surface area contributed by atoms with E-state index in [1.165, 1.54) is 5.56 Å². The van der Waals surface area contributed by atoms with Crippen LogP contribution in [-0.2, 0) is 0 Å².